The SMILES string of the molecule is CNc1nc(N)c2ncn(Cc3ccccc3F)c2n1. The Morgan fingerprint density at radius 2 is 2.10 bits per heavy atom. The number of benzene rings is 1. The van der Waals surface area contributed by atoms with Gasteiger partial charge < -0.3 is 15.6 Å². The lowest BCUT2D eigenvalue weighted by molar-refractivity contribution is 0.601. The lowest BCUT2D eigenvalue weighted by Crippen LogP contribution is -2.05. The molecule has 0 saturated carbocycles. The number of rotatable bonds is 3. The van der Waals surface area contributed by atoms with Gasteiger partial charge in [-0.1, -0.05) is 18.2 Å². The third-order valence-corrected chi connectivity index (χ3v) is 3.01. The summed E-state index contributed by atoms with van der Waals surface area (Å²) >= 11 is 0. The Morgan fingerprint density at radius 1 is 1.30 bits per heavy atom. The molecule has 0 unspecified atom stereocenters. The minimum Gasteiger partial charge on any atom is -0.382 e. The number of anilines is 2. The van der Waals surface area contributed by atoms with Crippen LogP contribution in [-0.4, -0.2) is 26.6 Å². The highest BCUT2D eigenvalue weighted by Crippen LogP contribution is 2.19. The van der Waals surface area contributed by atoms with Crippen LogP contribution in [0.5, 0.6) is 0 Å². The molecule has 0 bridgehead atoms. The van der Waals surface area contributed by atoms with Crippen LogP contribution in [0.25, 0.3) is 11.2 Å². The third-order valence-electron chi connectivity index (χ3n) is 3.01. The Morgan fingerprint density at radius 3 is 2.85 bits per heavy atom. The average Bonchev–Trinajstić information content (AvgIpc) is 2.85. The molecule has 0 aliphatic carbocycles. The van der Waals surface area contributed by atoms with Gasteiger partial charge in [0.05, 0.1) is 12.9 Å². The number of imidazole rings is 1. The number of nitrogens with two attached hydrogens (primary N) is 1. The molecule has 6 nitrogen and oxygen atoms in total. The van der Waals surface area contributed by atoms with Gasteiger partial charge in [0.1, 0.15) is 11.3 Å². The largest absolute Gasteiger partial charge is 0.382 e. The van der Waals surface area contributed by atoms with Gasteiger partial charge in [0, 0.05) is 12.6 Å². The summed E-state index contributed by atoms with van der Waals surface area (Å²) in [6.07, 6.45) is 1.58. The van der Waals surface area contributed by atoms with E-state index in [0.717, 1.165) is 0 Å². The van der Waals surface area contributed by atoms with Gasteiger partial charge in [-0.2, -0.15) is 9.97 Å². The fourth-order valence-corrected chi connectivity index (χ4v) is 2.00. The monoisotopic (exact) mass is 272 g/mol. The van der Waals surface area contributed by atoms with Crippen LogP contribution in [0.1, 0.15) is 5.56 Å². The molecule has 3 aromatic rings. The Labute approximate surface area is 114 Å². The van der Waals surface area contributed by atoms with Gasteiger partial charge in [-0.15, -0.1) is 0 Å². The lowest BCUT2D eigenvalue weighted by Gasteiger charge is -2.06. The van der Waals surface area contributed by atoms with Crippen LogP contribution in [0, 0.1) is 5.82 Å². The number of nitrogen functional groups attached to an aromatic ring is 1. The molecule has 3 N–H and O–H groups in total. The maximum atomic E-state index is 13.7. The molecule has 0 atom stereocenters. The van der Waals surface area contributed by atoms with Gasteiger partial charge in [0.15, 0.2) is 11.5 Å². The zero-order valence-electron chi connectivity index (χ0n) is 10.8. The van der Waals surface area contributed by atoms with Crippen LogP contribution in [0.15, 0.2) is 30.6 Å². The molecule has 0 radical (unpaired) electrons. The van der Waals surface area contributed by atoms with E-state index in [0.29, 0.717) is 35.0 Å². The molecule has 0 aliphatic rings. The first-order chi connectivity index (χ1) is 9.69. The van der Waals surface area contributed by atoms with E-state index < -0.39 is 0 Å². The number of nitrogens with zero attached hydrogens (tertiary/aromatic N) is 4. The lowest BCUT2D eigenvalue weighted by atomic mass is 10.2. The molecule has 0 aliphatic heterocycles. The topological polar surface area (TPSA) is 81.6 Å². The first-order valence-corrected chi connectivity index (χ1v) is 6.08. The number of nitrogens with one attached hydrogen (secondary N) is 1. The molecule has 102 valence electrons. The Kier molecular flexibility index (Phi) is 2.94. The summed E-state index contributed by atoms with van der Waals surface area (Å²) in [6, 6.07) is 6.60. The number of halogens is 1. The zero-order valence-corrected chi connectivity index (χ0v) is 10.8. The van der Waals surface area contributed by atoms with Gasteiger partial charge >= 0.3 is 0 Å². The predicted molar refractivity (Wildman–Crippen MR) is 74.8 cm³/mol. The van der Waals surface area contributed by atoms with Gasteiger partial charge in [-0.25, -0.2) is 9.37 Å². The van der Waals surface area contributed by atoms with E-state index in [1.807, 2.05) is 0 Å². The summed E-state index contributed by atoms with van der Waals surface area (Å²) in [5.41, 5.74) is 7.48. The summed E-state index contributed by atoms with van der Waals surface area (Å²) in [5, 5.41) is 2.83. The van der Waals surface area contributed by atoms with E-state index in [4.69, 9.17) is 5.73 Å². The molecule has 20 heavy (non-hydrogen) atoms. The minimum atomic E-state index is -0.259. The first kappa shape index (κ1) is 12.3. The highest BCUT2D eigenvalue weighted by Gasteiger charge is 2.12. The molecule has 0 amide bonds. The van der Waals surface area contributed by atoms with Crippen molar-refractivity contribution in [2.75, 3.05) is 18.1 Å². The summed E-state index contributed by atoms with van der Waals surface area (Å²) in [6.45, 7) is 0.336. The first-order valence-electron chi connectivity index (χ1n) is 6.08. The highest BCUT2D eigenvalue weighted by molar-refractivity contribution is 5.82. The molecule has 3 rings (SSSR count). The molecule has 1 aromatic carbocycles. The predicted octanol–water partition coefficient (Wildman–Crippen LogP) is 1.64. The van der Waals surface area contributed by atoms with Crippen LogP contribution in [0.2, 0.25) is 0 Å². The van der Waals surface area contributed by atoms with E-state index in [9.17, 15) is 4.39 Å². The normalized spacial score (nSPS) is 10.9. The van der Waals surface area contributed by atoms with E-state index in [2.05, 4.69) is 20.3 Å². The van der Waals surface area contributed by atoms with Crippen LogP contribution in [0.4, 0.5) is 16.2 Å². The molecule has 2 heterocycles. The van der Waals surface area contributed by atoms with Crippen LogP contribution in [0.3, 0.4) is 0 Å². The standard InChI is InChI=1S/C13H13FN6/c1-16-13-18-11(15)10-12(19-13)20(7-17-10)6-8-4-2-3-5-9(8)14/h2-5,7H,6H2,1H3,(H3,15,16,18,19). The second-order valence-electron chi connectivity index (χ2n) is 4.32. The number of fused-ring (bicyclic) bond motifs is 1. The quantitative estimate of drug-likeness (QED) is 0.757. The summed E-state index contributed by atoms with van der Waals surface area (Å²) < 4.78 is 15.4. The number of hydrogen-bond acceptors (Lipinski definition) is 5. The maximum Gasteiger partial charge on any atom is 0.226 e. The summed E-state index contributed by atoms with van der Waals surface area (Å²) in [4.78, 5) is 12.6. The molecule has 7 heteroatoms. The summed E-state index contributed by atoms with van der Waals surface area (Å²) in [7, 11) is 1.71. The molecule has 2 aromatic heterocycles. The van der Waals surface area contributed by atoms with E-state index >= 15 is 0 Å². The van der Waals surface area contributed by atoms with E-state index in [1.165, 1.54) is 6.07 Å². The Bertz CT molecular complexity index is 767. The van der Waals surface area contributed by atoms with Crippen molar-refractivity contribution in [2.45, 2.75) is 6.54 Å². The molecule has 0 fully saturated rings. The van der Waals surface area contributed by atoms with Crippen molar-refractivity contribution >= 4 is 22.9 Å². The Hall–Kier alpha value is -2.70. The number of hydrogen-bond donors (Lipinski definition) is 2. The zero-order chi connectivity index (χ0) is 14.1. The van der Waals surface area contributed by atoms with Crippen molar-refractivity contribution in [1.29, 1.82) is 0 Å². The van der Waals surface area contributed by atoms with Gasteiger partial charge in [0.2, 0.25) is 5.95 Å². The van der Waals surface area contributed by atoms with Crippen LogP contribution >= 0.6 is 0 Å². The summed E-state index contributed by atoms with van der Waals surface area (Å²) in [5.74, 6) is 0.446. The Balaban J connectivity index is 2.08. The molecular formula is C13H13FN6. The molecular weight excluding hydrogens is 259 g/mol. The van der Waals surface area contributed by atoms with Crippen molar-refractivity contribution in [1.82, 2.24) is 19.5 Å². The second kappa shape index (κ2) is 4.76. The van der Waals surface area contributed by atoms with E-state index in [-0.39, 0.29) is 5.82 Å². The minimum absolute atomic E-state index is 0.259. The second-order valence-corrected chi connectivity index (χ2v) is 4.32. The van der Waals surface area contributed by atoms with Crippen molar-refractivity contribution in [3.8, 4) is 0 Å². The fourth-order valence-electron chi connectivity index (χ4n) is 2.00. The van der Waals surface area contributed by atoms with Crippen molar-refractivity contribution < 1.29 is 4.39 Å². The smallest absolute Gasteiger partial charge is 0.226 e. The highest BCUT2D eigenvalue weighted by atomic mass is 19.1. The molecule has 0 spiro atoms. The number of aromatic nitrogens is 4. The maximum absolute atomic E-state index is 13.7. The fraction of sp³-hybridized carbons (Fsp3) is 0.154. The van der Waals surface area contributed by atoms with Crippen molar-refractivity contribution in [3.63, 3.8) is 0 Å². The third kappa shape index (κ3) is 2.03. The van der Waals surface area contributed by atoms with Crippen molar-refractivity contribution in [2.24, 2.45) is 0 Å². The van der Waals surface area contributed by atoms with E-state index in [1.54, 1.807) is 36.1 Å². The van der Waals surface area contributed by atoms with Gasteiger partial charge in [0.25, 0.3) is 0 Å². The van der Waals surface area contributed by atoms with Crippen LogP contribution < -0.4 is 11.1 Å². The van der Waals surface area contributed by atoms with Crippen LogP contribution in [-0.2, 0) is 6.54 Å². The van der Waals surface area contributed by atoms with Gasteiger partial charge in [-0.05, 0) is 6.07 Å². The van der Waals surface area contributed by atoms with Crippen molar-refractivity contribution in [3.05, 3.63) is 42.0 Å². The van der Waals surface area contributed by atoms with Gasteiger partial charge in [-0.3, -0.25) is 0 Å². The average molecular weight is 272 g/mol. The molecule has 0 saturated heterocycles.